The molecule has 0 radical (unpaired) electrons. The first-order chi connectivity index (χ1) is 10.2. The average Bonchev–Trinajstić information content (AvgIpc) is 2.84. The van der Waals surface area contributed by atoms with E-state index in [-0.39, 0.29) is 0 Å². The van der Waals surface area contributed by atoms with Gasteiger partial charge in [-0.05, 0) is 24.1 Å². The van der Waals surface area contributed by atoms with Crippen molar-refractivity contribution in [2.75, 3.05) is 26.0 Å². The standard InChI is InChI=1S/C15H20Cl2N2OS/c1-3-13-10-21-15(18-6-7-20-2)19(13)9-11-4-5-12(16)8-14(11)17/h4-5,8,13H,3,6-7,9-10H2,1-2H3. The zero-order chi connectivity index (χ0) is 15.2. The smallest absolute Gasteiger partial charge is 0.159 e. The van der Waals surface area contributed by atoms with Gasteiger partial charge >= 0.3 is 0 Å². The molecule has 0 aromatic heterocycles. The summed E-state index contributed by atoms with van der Waals surface area (Å²) in [4.78, 5) is 6.99. The third-order valence-electron chi connectivity index (χ3n) is 3.46. The minimum atomic E-state index is 0.503. The Kier molecular flexibility index (Phi) is 6.68. The Morgan fingerprint density at radius 2 is 2.24 bits per heavy atom. The van der Waals surface area contributed by atoms with Crippen LogP contribution < -0.4 is 0 Å². The SMILES string of the molecule is CCC1CSC(=NCCOC)N1Cc1ccc(Cl)cc1Cl. The number of methoxy groups -OCH3 is 1. The summed E-state index contributed by atoms with van der Waals surface area (Å²) >= 11 is 14.1. The van der Waals surface area contributed by atoms with Crippen molar-refractivity contribution < 1.29 is 4.74 Å². The number of hydrogen-bond acceptors (Lipinski definition) is 3. The number of hydrogen-bond donors (Lipinski definition) is 0. The molecule has 1 atom stereocenters. The second kappa shape index (κ2) is 8.28. The van der Waals surface area contributed by atoms with Crippen LogP contribution in [0.25, 0.3) is 0 Å². The van der Waals surface area contributed by atoms with Gasteiger partial charge in [-0.15, -0.1) is 0 Å². The topological polar surface area (TPSA) is 24.8 Å². The number of thioether (sulfide) groups is 1. The van der Waals surface area contributed by atoms with E-state index in [0.717, 1.165) is 29.4 Å². The third kappa shape index (κ3) is 4.52. The maximum Gasteiger partial charge on any atom is 0.159 e. The van der Waals surface area contributed by atoms with Gasteiger partial charge in [-0.3, -0.25) is 4.99 Å². The van der Waals surface area contributed by atoms with Gasteiger partial charge < -0.3 is 9.64 Å². The number of rotatable bonds is 6. The lowest BCUT2D eigenvalue weighted by molar-refractivity contribution is 0.207. The van der Waals surface area contributed by atoms with Crippen LogP contribution in [0.1, 0.15) is 18.9 Å². The van der Waals surface area contributed by atoms with Gasteiger partial charge in [0.05, 0.1) is 13.2 Å². The Labute approximate surface area is 140 Å². The van der Waals surface area contributed by atoms with E-state index >= 15 is 0 Å². The van der Waals surface area contributed by atoms with Gasteiger partial charge in [0.25, 0.3) is 0 Å². The van der Waals surface area contributed by atoms with Crippen LogP contribution in [0.5, 0.6) is 0 Å². The summed E-state index contributed by atoms with van der Waals surface area (Å²) in [6.07, 6.45) is 1.10. The molecule has 1 fully saturated rings. The van der Waals surface area contributed by atoms with Crippen LogP contribution in [-0.4, -0.2) is 42.1 Å². The van der Waals surface area contributed by atoms with Crippen LogP contribution in [0.3, 0.4) is 0 Å². The molecule has 0 amide bonds. The maximum atomic E-state index is 6.30. The molecule has 1 aromatic rings. The van der Waals surface area contributed by atoms with E-state index in [4.69, 9.17) is 27.9 Å². The number of nitrogens with zero attached hydrogens (tertiary/aromatic N) is 2. The molecule has 1 aliphatic rings. The van der Waals surface area contributed by atoms with Crippen LogP contribution in [0.4, 0.5) is 0 Å². The molecule has 0 spiro atoms. The molecule has 0 saturated carbocycles. The van der Waals surface area contributed by atoms with Crippen molar-refractivity contribution in [3.05, 3.63) is 33.8 Å². The second-order valence-electron chi connectivity index (χ2n) is 4.89. The van der Waals surface area contributed by atoms with Crippen LogP contribution in [0.15, 0.2) is 23.2 Å². The molecule has 116 valence electrons. The predicted octanol–water partition coefficient (Wildman–Crippen LogP) is 4.32. The van der Waals surface area contributed by atoms with E-state index in [1.54, 1.807) is 13.2 Å². The van der Waals surface area contributed by atoms with Crippen molar-refractivity contribution in [2.45, 2.75) is 25.9 Å². The monoisotopic (exact) mass is 346 g/mol. The summed E-state index contributed by atoms with van der Waals surface area (Å²) in [5.74, 6) is 1.08. The van der Waals surface area contributed by atoms with Crippen molar-refractivity contribution >= 4 is 40.1 Å². The molecule has 21 heavy (non-hydrogen) atoms. The Bertz CT molecular complexity index is 510. The zero-order valence-corrected chi connectivity index (χ0v) is 14.6. The van der Waals surface area contributed by atoms with E-state index < -0.39 is 0 Å². The lowest BCUT2D eigenvalue weighted by Crippen LogP contribution is -2.33. The van der Waals surface area contributed by atoms with Gasteiger partial charge in [0.1, 0.15) is 0 Å². The first-order valence-corrected chi connectivity index (χ1v) is 8.76. The number of aliphatic imine (C=N–C) groups is 1. The molecule has 0 bridgehead atoms. The van der Waals surface area contributed by atoms with Gasteiger partial charge in [-0.2, -0.15) is 0 Å². The normalized spacial score (nSPS) is 20.5. The van der Waals surface area contributed by atoms with E-state index in [1.807, 2.05) is 23.9 Å². The largest absolute Gasteiger partial charge is 0.383 e. The Morgan fingerprint density at radius 3 is 2.90 bits per heavy atom. The molecule has 2 rings (SSSR count). The molecule has 1 heterocycles. The van der Waals surface area contributed by atoms with E-state index in [0.29, 0.717) is 29.2 Å². The van der Waals surface area contributed by atoms with Crippen LogP contribution in [0.2, 0.25) is 10.0 Å². The highest BCUT2D eigenvalue weighted by Crippen LogP contribution is 2.30. The van der Waals surface area contributed by atoms with E-state index in [2.05, 4.69) is 16.8 Å². The summed E-state index contributed by atoms with van der Waals surface area (Å²) in [6, 6.07) is 6.18. The summed E-state index contributed by atoms with van der Waals surface area (Å²) in [5.41, 5.74) is 1.08. The highest BCUT2D eigenvalue weighted by molar-refractivity contribution is 8.14. The van der Waals surface area contributed by atoms with Crippen molar-refractivity contribution in [2.24, 2.45) is 4.99 Å². The molecule has 6 heteroatoms. The Balaban J connectivity index is 2.14. The Hall–Kier alpha value is -0.420. The Morgan fingerprint density at radius 1 is 1.43 bits per heavy atom. The fourth-order valence-corrected chi connectivity index (χ4v) is 4.02. The molecule has 3 nitrogen and oxygen atoms in total. The zero-order valence-electron chi connectivity index (χ0n) is 12.3. The van der Waals surface area contributed by atoms with Crippen molar-refractivity contribution in [1.82, 2.24) is 4.90 Å². The van der Waals surface area contributed by atoms with Crippen molar-refractivity contribution in [3.8, 4) is 0 Å². The first kappa shape index (κ1) is 16.9. The number of halogens is 2. The van der Waals surface area contributed by atoms with Crippen molar-refractivity contribution in [3.63, 3.8) is 0 Å². The van der Waals surface area contributed by atoms with Gasteiger partial charge in [0, 0.05) is 35.5 Å². The minimum Gasteiger partial charge on any atom is -0.383 e. The van der Waals surface area contributed by atoms with Crippen LogP contribution in [0, 0.1) is 0 Å². The summed E-state index contributed by atoms with van der Waals surface area (Å²) in [7, 11) is 1.70. The quantitative estimate of drug-likeness (QED) is 0.717. The maximum absolute atomic E-state index is 6.30. The number of benzene rings is 1. The van der Waals surface area contributed by atoms with E-state index in [1.165, 1.54) is 0 Å². The highest BCUT2D eigenvalue weighted by Gasteiger charge is 2.29. The summed E-state index contributed by atoms with van der Waals surface area (Å²) < 4.78 is 5.07. The van der Waals surface area contributed by atoms with Crippen molar-refractivity contribution in [1.29, 1.82) is 0 Å². The van der Waals surface area contributed by atoms with Gasteiger partial charge in [-0.25, -0.2) is 0 Å². The van der Waals surface area contributed by atoms with Gasteiger partial charge in [0.15, 0.2) is 5.17 Å². The lowest BCUT2D eigenvalue weighted by atomic mass is 10.1. The fourth-order valence-electron chi connectivity index (χ4n) is 2.24. The summed E-state index contributed by atoms with van der Waals surface area (Å²) in [6.45, 7) is 4.32. The number of ether oxygens (including phenoxy) is 1. The third-order valence-corrected chi connectivity index (χ3v) is 5.22. The molecular weight excluding hydrogens is 327 g/mol. The summed E-state index contributed by atoms with van der Waals surface area (Å²) in [5, 5.41) is 2.47. The molecule has 0 aliphatic carbocycles. The average molecular weight is 347 g/mol. The molecule has 1 aromatic carbocycles. The minimum absolute atomic E-state index is 0.503. The molecular formula is C15H20Cl2N2OS. The van der Waals surface area contributed by atoms with E-state index in [9.17, 15) is 0 Å². The molecule has 1 unspecified atom stereocenters. The fraction of sp³-hybridized carbons (Fsp3) is 0.533. The first-order valence-electron chi connectivity index (χ1n) is 7.02. The lowest BCUT2D eigenvalue weighted by Gasteiger charge is -2.25. The predicted molar refractivity (Wildman–Crippen MR) is 92.7 cm³/mol. The molecule has 0 N–H and O–H groups in total. The van der Waals surface area contributed by atoms with Crippen LogP contribution in [-0.2, 0) is 11.3 Å². The van der Waals surface area contributed by atoms with Gasteiger partial charge in [-0.1, -0.05) is 48.0 Å². The number of amidine groups is 1. The van der Waals surface area contributed by atoms with Crippen LogP contribution >= 0.6 is 35.0 Å². The highest BCUT2D eigenvalue weighted by atomic mass is 35.5. The molecule has 1 aliphatic heterocycles. The molecule has 1 saturated heterocycles. The van der Waals surface area contributed by atoms with Gasteiger partial charge in [0.2, 0.25) is 0 Å². The second-order valence-corrected chi connectivity index (χ2v) is 6.72.